The van der Waals surface area contributed by atoms with Gasteiger partial charge in [-0.05, 0) is 33.9 Å². The Hall–Kier alpha value is -2.76. The van der Waals surface area contributed by atoms with E-state index in [1.807, 2.05) is 55.6 Å². The highest BCUT2D eigenvalue weighted by atomic mass is 28.3. The molecule has 5 heteroatoms. The van der Waals surface area contributed by atoms with E-state index >= 15 is 0 Å². The first-order chi connectivity index (χ1) is 14.0. The highest BCUT2D eigenvalue weighted by Crippen LogP contribution is 2.26. The molecule has 3 aromatic carbocycles. The van der Waals surface area contributed by atoms with Crippen molar-refractivity contribution in [2.24, 2.45) is 0 Å². The van der Waals surface area contributed by atoms with Gasteiger partial charge in [-0.2, -0.15) is 0 Å². The van der Waals surface area contributed by atoms with Crippen LogP contribution < -0.4 is 10.6 Å². The smallest absolute Gasteiger partial charge is 0.241 e. The zero-order valence-electron chi connectivity index (χ0n) is 16.8. The SMILES string of the molecule is C[Si](C)(C=O)C(Cc1cccc2ccccc12)NC(=O)C1NCc2ccccc21. The van der Waals surface area contributed by atoms with E-state index in [9.17, 15) is 9.59 Å². The number of hydrogen-bond donors (Lipinski definition) is 2. The third-order valence-corrected chi connectivity index (χ3v) is 8.70. The Morgan fingerprint density at radius 1 is 1.10 bits per heavy atom. The minimum absolute atomic E-state index is 0.0531. The number of amides is 1. The molecule has 3 aromatic rings. The highest BCUT2D eigenvalue weighted by Gasteiger charge is 2.36. The van der Waals surface area contributed by atoms with Crippen LogP contribution in [-0.2, 0) is 22.6 Å². The molecular weight excluding hydrogens is 376 g/mol. The van der Waals surface area contributed by atoms with Crippen LogP contribution in [0.1, 0.15) is 22.7 Å². The van der Waals surface area contributed by atoms with Gasteiger partial charge in [-0.25, -0.2) is 0 Å². The van der Waals surface area contributed by atoms with Crippen LogP contribution >= 0.6 is 0 Å². The molecule has 0 bridgehead atoms. The Kier molecular flexibility index (Phi) is 5.35. The zero-order chi connectivity index (χ0) is 20.4. The first-order valence-electron chi connectivity index (χ1n) is 10.0. The fourth-order valence-electron chi connectivity index (χ4n) is 4.06. The molecule has 0 fully saturated rings. The highest BCUT2D eigenvalue weighted by molar-refractivity contribution is 7.00. The predicted octanol–water partition coefficient (Wildman–Crippen LogP) is 3.73. The summed E-state index contributed by atoms with van der Waals surface area (Å²) in [4.78, 5) is 25.1. The average molecular weight is 403 g/mol. The minimum atomic E-state index is -2.32. The lowest BCUT2D eigenvalue weighted by atomic mass is 10.0. The zero-order valence-corrected chi connectivity index (χ0v) is 17.8. The normalized spacial score (nSPS) is 17.0. The third kappa shape index (κ3) is 3.88. The van der Waals surface area contributed by atoms with Gasteiger partial charge in [0, 0.05) is 12.2 Å². The lowest BCUT2D eigenvalue weighted by Gasteiger charge is -2.30. The summed E-state index contributed by atoms with van der Waals surface area (Å²) in [5.41, 5.74) is 3.17. The molecule has 2 atom stereocenters. The number of benzene rings is 3. The van der Waals surface area contributed by atoms with Crippen LogP contribution in [0, 0.1) is 0 Å². The number of carbonyl (C=O) groups is 2. The van der Waals surface area contributed by atoms with Gasteiger partial charge in [0.15, 0.2) is 0 Å². The summed E-state index contributed by atoms with van der Waals surface area (Å²) in [5.74, 6) is 1.03. The third-order valence-electron chi connectivity index (χ3n) is 5.95. The average Bonchev–Trinajstić information content (AvgIpc) is 3.17. The number of nitrogens with one attached hydrogen (secondary N) is 2. The molecule has 2 unspecified atom stereocenters. The number of hydrogen-bond acceptors (Lipinski definition) is 3. The van der Waals surface area contributed by atoms with Gasteiger partial charge in [-0.3, -0.25) is 10.1 Å². The standard InChI is InChI=1S/C24H26N2O2Si/c1-29(2,16-27)22(14-18-11-7-10-17-8-3-5-12-20(17)18)26-24(28)23-21-13-6-4-9-19(21)15-25-23/h3-13,16,22-23,25H,14-15H2,1-2H3,(H,26,28). The molecule has 1 aliphatic heterocycles. The van der Waals surface area contributed by atoms with Crippen molar-refractivity contribution in [1.29, 1.82) is 0 Å². The maximum absolute atomic E-state index is 13.2. The van der Waals surface area contributed by atoms with Gasteiger partial charge in [0.25, 0.3) is 0 Å². The van der Waals surface area contributed by atoms with Crippen LogP contribution in [0.15, 0.2) is 66.7 Å². The molecule has 0 aromatic heterocycles. The molecule has 4 rings (SSSR count). The van der Waals surface area contributed by atoms with E-state index in [4.69, 9.17) is 0 Å². The second kappa shape index (κ2) is 7.93. The van der Waals surface area contributed by atoms with Crippen molar-refractivity contribution < 1.29 is 9.59 Å². The van der Waals surface area contributed by atoms with E-state index < -0.39 is 8.07 Å². The molecule has 0 saturated carbocycles. The quantitative estimate of drug-likeness (QED) is 0.488. The fraction of sp³-hybridized carbons (Fsp3) is 0.250. The van der Waals surface area contributed by atoms with E-state index in [0.29, 0.717) is 13.0 Å². The Labute approximate surface area is 172 Å². The molecule has 148 valence electrons. The molecule has 1 amide bonds. The molecule has 0 spiro atoms. The summed E-state index contributed by atoms with van der Waals surface area (Å²) < 4.78 is 0. The Bertz CT molecular complexity index is 1060. The summed E-state index contributed by atoms with van der Waals surface area (Å²) in [7, 11) is -2.32. The lowest BCUT2D eigenvalue weighted by Crippen LogP contribution is -2.56. The Morgan fingerprint density at radius 3 is 2.66 bits per heavy atom. The number of fused-ring (bicyclic) bond motifs is 2. The number of carbonyl (C=O) groups excluding carboxylic acids is 2. The summed E-state index contributed by atoms with van der Waals surface area (Å²) >= 11 is 0. The minimum Gasteiger partial charge on any atom is -0.354 e. The summed E-state index contributed by atoms with van der Waals surface area (Å²) in [6.45, 7) is 4.73. The summed E-state index contributed by atoms with van der Waals surface area (Å²) in [6.07, 6.45) is 0.652. The van der Waals surface area contributed by atoms with Gasteiger partial charge in [0.1, 0.15) is 20.0 Å². The van der Waals surface area contributed by atoms with Crippen molar-refractivity contribution in [3.8, 4) is 0 Å². The first-order valence-corrected chi connectivity index (χ1v) is 13.2. The monoisotopic (exact) mass is 402 g/mol. The van der Waals surface area contributed by atoms with Crippen LogP contribution in [0.3, 0.4) is 0 Å². The Balaban J connectivity index is 1.61. The Morgan fingerprint density at radius 2 is 1.83 bits per heavy atom. The summed E-state index contributed by atoms with van der Waals surface area (Å²) in [6, 6.07) is 22.1. The maximum atomic E-state index is 13.2. The van der Waals surface area contributed by atoms with Gasteiger partial charge >= 0.3 is 0 Å². The van der Waals surface area contributed by atoms with Crippen LogP contribution in [0.2, 0.25) is 13.1 Å². The summed E-state index contributed by atoms with van der Waals surface area (Å²) in [5, 5.41) is 8.89. The largest absolute Gasteiger partial charge is 0.354 e. The predicted molar refractivity (Wildman–Crippen MR) is 120 cm³/mol. The maximum Gasteiger partial charge on any atom is 0.241 e. The molecule has 29 heavy (non-hydrogen) atoms. The molecule has 0 saturated heterocycles. The van der Waals surface area contributed by atoms with Crippen LogP contribution in [0.25, 0.3) is 10.8 Å². The lowest BCUT2D eigenvalue weighted by molar-refractivity contribution is -0.123. The van der Waals surface area contributed by atoms with E-state index in [1.165, 1.54) is 10.8 Å². The van der Waals surface area contributed by atoms with Crippen molar-refractivity contribution in [2.45, 2.75) is 37.8 Å². The molecule has 1 aliphatic rings. The van der Waals surface area contributed by atoms with E-state index in [2.05, 4.69) is 34.9 Å². The molecule has 1 heterocycles. The van der Waals surface area contributed by atoms with Crippen molar-refractivity contribution in [1.82, 2.24) is 10.6 Å². The van der Waals surface area contributed by atoms with E-state index in [1.54, 1.807) is 0 Å². The van der Waals surface area contributed by atoms with Gasteiger partial charge in [0.2, 0.25) is 5.91 Å². The van der Waals surface area contributed by atoms with E-state index in [0.717, 1.165) is 22.6 Å². The van der Waals surface area contributed by atoms with Crippen molar-refractivity contribution in [3.05, 3.63) is 83.4 Å². The van der Waals surface area contributed by atoms with E-state index in [-0.39, 0.29) is 17.6 Å². The van der Waals surface area contributed by atoms with Crippen molar-refractivity contribution >= 4 is 30.7 Å². The second-order valence-electron chi connectivity index (χ2n) is 8.36. The molecule has 0 aliphatic carbocycles. The van der Waals surface area contributed by atoms with Crippen LogP contribution in [0.5, 0.6) is 0 Å². The second-order valence-corrected chi connectivity index (χ2v) is 12.9. The van der Waals surface area contributed by atoms with Gasteiger partial charge < -0.3 is 10.1 Å². The molecular formula is C24H26N2O2Si. The topological polar surface area (TPSA) is 58.2 Å². The van der Waals surface area contributed by atoms with Gasteiger partial charge in [-0.1, -0.05) is 79.8 Å². The number of rotatable bonds is 6. The fourth-order valence-corrected chi connectivity index (χ4v) is 5.48. The van der Waals surface area contributed by atoms with Gasteiger partial charge in [0.05, 0.1) is 0 Å². The van der Waals surface area contributed by atoms with Crippen LogP contribution in [0.4, 0.5) is 0 Å². The molecule has 4 nitrogen and oxygen atoms in total. The first kappa shape index (κ1) is 19.5. The molecule has 0 radical (unpaired) electrons. The van der Waals surface area contributed by atoms with Gasteiger partial charge in [-0.15, -0.1) is 0 Å². The van der Waals surface area contributed by atoms with Crippen molar-refractivity contribution in [3.63, 3.8) is 0 Å². The van der Waals surface area contributed by atoms with Crippen molar-refractivity contribution in [2.75, 3.05) is 0 Å². The molecule has 2 N–H and O–H groups in total. The van der Waals surface area contributed by atoms with Crippen LogP contribution in [-0.4, -0.2) is 25.6 Å².